The van der Waals surface area contributed by atoms with Crippen molar-refractivity contribution in [3.05, 3.63) is 12.2 Å². The van der Waals surface area contributed by atoms with Gasteiger partial charge in [0.25, 0.3) is 0 Å². The maximum Gasteiger partial charge on any atom is 0.0436 e. The third-order valence-electron chi connectivity index (χ3n) is 2.39. The maximum absolute atomic E-state index is 8.75. The molecule has 0 radical (unpaired) electrons. The van der Waals surface area contributed by atoms with Gasteiger partial charge in [0, 0.05) is 6.61 Å². The Morgan fingerprint density at radius 1 is 1.55 bits per heavy atom. The van der Waals surface area contributed by atoms with Crippen molar-refractivity contribution < 1.29 is 5.11 Å². The van der Waals surface area contributed by atoms with Gasteiger partial charge >= 0.3 is 0 Å². The summed E-state index contributed by atoms with van der Waals surface area (Å²) in [5.41, 5.74) is 0.453. The lowest BCUT2D eigenvalue weighted by Gasteiger charge is -2.30. The SMILES string of the molecule is CC1(C)CC=CC(CCO)C1. The molecule has 0 aliphatic heterocycles. The van der Waals surface area contributed by atoms with E-state index in [0.717, 1.165) is 6.42 Å². The van der Waals surface area contributed by atoms with Crippen molar-refractivity contribution in [2.75, 3.05) is 6.61 Å². The van der Waals surface area contributed by atoms with E-state index in [-0.39, 0.29) is 0 Å². The van der Waals surface area contributed by atoms with Crippen LogP contribution in [0.25, 0.3) is 0 Å². The summed E-state index contributed by atoms with van der Waals surface area (Å²) in [4.78, 5) is 0. The molecule has 0 saturated heterocycles. The lowest BCUT2D eigenvalue weighted by molar-refractivity contribution is 0.222. The fourth-order valence-corrected chi connectivity index (χ4v) is 1.80. The van der Waals surface area contributed by atoms with Gasteiger partial charge in [-0.15, -0.1) is 0 Å². The zero-order chi connectivity index (χ0) is 8.32. The van der Waals surface area contributed by atoms with Crippen LogP contribution in [-0.2, 0) is 0 Å². The lowest BCUT2D eigenvalue weighted by Crippen LogP contribution is -2.19. The first-order valence-corrected chi connectivity index (χ1v) is 4.41. The fraction of sp³-hybridized carbons (Fsp3) is 0.800. The van der Waals surface area contributed by atoms with Crippen LogP contribution in [0.4, 0.5) is 0 Å². The molecule has 1 aliphatic carbocycles. The monoisotopic (exact) mass is 154 g/mol. The molecular weight excluding hydrogens is 136 g/mol. The molecule has 1 atom stereocenters. The van der Waals surface area contributed by atoms with Crippen molar-refractivity contribution >= 4 is 0 Å². The molecule has 1 unspecified atom stereocenters. The second kappa shape index (κ2) is 3.40. The molecule has 0 aromatic heterocycles. The van der Waals surface area contributed by atoms with Gasteiger partial charge in [-0.2, -0.15) is 0 Å². The summed E-state index contributed by atoms with van der Waals surface area (Å²) in [7, 11) is 0. The minimum Gasteiger partial charge on any atom is -0.396 e. The van der Waals surface area contributed by atoms with Crippen LogP contribution in [0.2, 0.25) is 0 Å². The van der Waals surface area contributed by atoms with Crippen molar-refractivity contribution in [3.8, 4) is 0 Å². The average molecular weight is 154 g/mol. The van der Waals surface area contributed by atoms with Crippen LogP contribution in [0.5, 0.6) is 0 Å². The van der Waals surface area contributed by atoms with Crippen LogP contribution in [0.1, 0.15) is 33.1 Å². The van der Waals surface area contributed by atoms with Crippen molar-refractivity contribution in [3.63, 3.8) is 0 Å². The van der Waals surface area contributed by atoms with Gasteiger partial charge < -0.3 is 5.11 Å². The highest BCUT2D eigenvalue weighted by Gasteiger charge is 2.23. The molecule has 0 spiro atoms. The molecule has 64 valence electrons. The molecule has 1 rings (SSSR count). The molecule has 0 amide bonds. The Hall–Kier alpha value is -0.300. The first-order chi connectivity index (χ1) is 5.14. The summed E-state index contributed by atoms with van der Waals surface area (Å²) in [5.74, 6) is 0.615. The topological polar surface area (TPSA) is 20.2 Å². The maximum atomic E-state index is 8.75. The van der Waals surface area contributed by atoms with E-state index in [2.05, 4.69) is 26.0 Å². The smallest absolute Gasteiger partial charge is 0.0436 e. The number of aliphatic hydroxyl groups is 1. The number of aliphatic hydroxyl groups excluding tert-OH is 1. The van der Waals surface area contributed by atoms with E-state index in [1.54, 1.807) is 0 Å². The Morgan fingerprint density at radius 3 is 2.82 bits per heavy atom. The summed E-state index contributed by atoms with van der Waals surface area (Å²) in [6.07, 6.45) is 7.85. The Kier molecular flexibility index (Phi) is 2.72. The fourth-order valence-electron chi connectivity index (χ4n) is 1.80. The molecule has 1 aliphatic rings. The van der Waals surface area contributed by atoms with Crippen molar-refractivity contribution in [2.24, 2.45) is 11.3 Å². The highest BCUT2D eigenvalue weighted by molar-refractivity contribution is 4.99. The predicted molar refractivity (Wildman–Crippen MR) is 47.3 cm³/mol. The van der Waals surface area contributed by atoms with E-state index in [1.807, 2.05) is 0 Å². The molecule has 0 heterocycles. The molecule has 0 fully saturated rings. The van der Waals surface area contributed by atoms with Crippen LogP contribution in [0.3, 0.4) is 0 Å². The summed E-state index contributed by atoms with van der Waals surface area (Å²) in [5, 5.41) is 8.75. The van der Waals surface area contributed by atoms with Crippen LogP contribution in [0, 0.1) is 11.3 Å². The molecule has 0 saturated carbocycles. The standard InChI is InChI=1S/C10H18O/c1-10(2)6-3-4-9(8-10)5-7-11/h3-4,9,11H,5-8H2,1-2H3. The minimum atomic E-state index is 0.324. The van der Waals surface area contributed by atoms with E-state index < -0.39 is 0 Å². The third kappa shape index (κ3) is 2.66. The van der Waals surface area contributed by atoms with E-state index >= 15 is 0 Å². The number of hydrogen-bond acceptors (Lipinski definition) is 1. The Bertz CT molecular complexity index is 147. The van der Waals surface area contributed by atoms with Crippen LogP contribution >= 0.6 is 0 Å². The Morgan fingerprint density at radius 2 is 2.27 bits per heavy atom. The summed E-state index contributed by atoms with van der Waals surface area (Å²) in [6.45, 7) is 4.91. The van der Waals surface area contributed by atoms with E-state index in [1.165, 1.54) is 12.8 Å². The van der Waals surface area contributed by atoms with Gasteiger partial charge in [0.15, 0.2) is 0 Å². The zero-order valence-corrected chi connectivity index (χ0v) is 7.51. The average Bonchev–Trinajstić information content (AvgIpc) is 1.85. The number of allylic oxidation sites excluding steroid dienone is 2. The summed E-state index contributed by atoms with van der Waals surface area (Å²) >= 11 is 0. The Labute approximate surface area is 69.1 Å². The molecule has 0 bridgehead atoms. The molecular formula is C10H18O. The van der Waals surface area contributed by atoms with Gasteiger partial charge in [0.1, 0.15) is 0 Å². The van der Waals surface area contributed by atoms with Gasteiger partial charge in [0.2, 0.25) is 0 Å². The quantitative estimate of drug-likeness (QED) is 0.605. The number of rotatable bonds is 2. The molecule has 1 heteroatoms. The predicted octanol–water partition coefficient (Wildman–Crippen LogP) is 2.36. The second-order valence-electron chi connectivity index (χ2n) is 4.27. The van der Waals surface area contributed by atoms with Gasteiger partial charge in [-0.05, 0) is 30.6 Å². The molecule has 0 aromatic rings. The van der Waals surface area contributed by atoms with Crippen LogP contribution in [0.15, 0.2) is 12.2 Å². The van der Waals surface area contributed by atoms with Gasteiger partial charge in [-0.3, -0.25) is 0 Å². The van der Waals surface area contributed by atoms with Crippen molar-refractivity contribution in [1.82, 2.24) is 0 Å². The van der Waals surface area contributed by atoms with Crippen molar-refractivity contribution in [1.29, 1.82) is 0 Å². The first-order valence-electron chi connectivity index (χ1n) is 4.41. The van der Waals surface area contributed by atoms with E-state index in [9.17, 15) is 0 Å². The third-order valence-corrected chi connectivity index (χ3v) is 2.39. The van der Waals surface area contributed by atoms with Gasteiger partial charge in [-0.25, -0.2) is 0 Å². The van der Waals surface area contributed by atoms with Crippen LogP contribution < -0.4 is 0 Å². The molecule has 11 heavy (non-hydrogen) atoms. The normalized spacial score (nSPS) is 28.8. The summed E-state index contributed by atoms with van der Waals surface area (Å²) in [6, 6.07) is 0. The molecule has 0 aromatic carbocycles. The zero-order valence-electron chi connectivity index (χ0n) is 7.51. The van der Waals surface area contributed by atoms with E-state index in [0.29, 0.717) is 17.9 Å². The van der Waals surface area contributed by atoms with Gasteiger partial charge in [-0.1, -0.05) is 26.0 Å². The first kappa shape index (κ1) is 8.79. The number of hydrogen-bond donors (Lipinski definition) is 1. The lowest BCUT2D eigenvalue weighted by atomic mass is 9.75. The van der Waals surface area contributed by atoms with Crippen LogP contribution in [-0.4, -0.2) is 11.7 Å². The largest absolute Gasteiger partial charge is 0.396 e. The molecule has 1 nitrogen and oxygen atoms in total. The summed E-state index contributed by atoms with van der Waals surface area (Å²) < 4.78 is 0. The van der Waals surface area contributed by atoms with Gasteiger partial charge in [0.05, 0.1) is 0 Å². The van der Waals surface area contributed by atoms with E-state index in [4.69, 9.17) is 5.11 Å². The highest BCUT2D eigenvalue weighted by atomic mass is 16.3. The minimum absolute atomic E-state index is 0.324. The highest BCUT2D eigenvalue weighted by Crippen LogP contribution is 2.35. The second-order valence-corrected chi connectivity index (χ2v) is 4.27. The molecule has 1 N–H and O–H groups in total. The van der Waals surface area contributed by atoms with Crippen molar-refractivity contribution in [2.45, 2.75) is 33.1 Å². The Balaban J connectivity index is 2.46.